The van der Waals surface area contributed by atoms with E-state index in [-0.39, 0.29) is 18.2 Å². The smallest absolute Gasteiger partial charge is 0.242 e. The van der Waals surface area contributed by atoms with E-state index in [0.29, 0.717) is 11.7 Å². The van der Waals surface area contributed by atoms with Gasteiger partial charge in [0.2, 0.25) is 11.8 Å². The van der Waals surface area contributed by atoms with Gasteiger partial charge >= 0.3 is 0 Å². The van der Waals surface area contributed by atoms with Crippen LogP contribution in [0.25, 0.3) is 0 Å². The highest BCUT2D eigenvalue weighted by molar-refractivity contribution is 8.15. The number of aliphatic imine (C=N–C) groups is 1. The van der Waals surface area contributed by atoms with E-state index in [1.165, 1.54) is 11.8 Å². The lowest BCUT2D eigenvalue weighted by Gasteiger charge is -2.15. The topological polar surface area (TPSA) is 61.8 Å². The van der Waals surface area contributed by atoms with Crippen LogP contribution in [-0.4, -0.2) is 33.7 Å². The van der Waals surface area contributed by atoms with E-state index in [4.69, 9.17) is 4.99 Å². The largest absolute Gasteiger partial charge is 0.326 e. The fourth-order valence-corrected chi connectivity index (χ4v) is 4.49. The molecule has 152 valence electrons. The number of nitrogens with one attached hydrogen (secondary N) is 1. The van der Waals surface area contributed by atoms with Crippen molar-refractivity contribution < 1.29 is 9.59 Å². The fourth-order valence-electron chi connectivity index (χ4n) is 3.32. The zero-order chi connectivity index (χ0) is 21.0. The third kappa shape index (κ3) is 4.88. The summed E-state index contributed by atoms with van der Waals surface area (Å²) in [5.41, 5.74) is 4.76. The quantitative estimate of drug-likeness (QED) is 0.732. The molecule has 0 radical (unpaired) electrons. The first-order valence-corrected chi connectivity index (χ1v) is 10.8. The number of carbonyl (C=O) groups excluding carboxylic acids is 2. The summed E-state index contributed by atoms with van der Waals surface area (Å²) in [6.07, 6.45) is 0.963. The van der Waals surface area contributed by atoms with Gasteiger partial charge in [-0.3, -0.25) is 14.5 Å². The molecule has 0 aliphatic carbocycles. The number of amides is 2. The SMILES string of the molecule is CCCN1C(=O)[C@@H](CC(=O)Nc2c(C)cccc2C)SC1=Nc1ccccc1C. The Labute approximate surface area is 176 Å². The van der Waals surface area contributed by atoms with Crippen LogP contribution in [0, 0.1) is 20.8 Å². The first-order valence-electron chi connectivity index (χ1n) is 9.89. The minimum Gasteiger partial charge on any atom is -0.326 e. The van der Waals surface area contributed by atoms with Crippen molar-refractivity contribution in [3.05, 3.63) is 59.2 Å². The van der Waals surface area contributed by atoms with Crippen LogP contribution in [0.5, 0.6) is 0 Å². The van der Waals surface area contributed by atoms with Crippen LogP contribution >= 0.6 is 11.8 Å². The lowest BCUT2D eigenvalue weighted by atomic mass is 10.1. The molecule has 5 nitrogen and oxygen atoms in total. The molecule has 1 fully saturated rings. The van der Waals surface area contributed by atoms with Gasteiger partial charge < -0.3 is 5.32 Å². The number of anilines is 1. The second-order valence-corrected chi connectivity index (χ2v) is 8.47. The van der Waals surface area contributed by atoms with Crippen molar-refractivity contribution in [2.75, 3.05) is 11.9 Å². The number of aryl methyl sites for hydroxylation is 3. The average molecular weight is 410 g/mol. The summed E-state index contributed by atoms with van der Waals surface area (Å²) in [5.74, 6) is -0.192. The highest BCUT2D eigenvalue weighted by Gasteiger charge is 2.38. The summed E-state index contributed by atoms with van der Waals surface area (Å²) >= 11 is 1.38. The molecule has 1 aliphatic rings. The molecule has 0 bridgehead atoms. The summed E-state index contributed by atoms with van der Waals surface area (Å²) in [6.45, 7) is 8.57. The molecule has 1 saturated heterocycles. The maximum absolute atomic E-state index is 12.9. The van der Waals surface area contributed by atoms with Crippen molar-refractivity contribution in [1.29, 1.82) is 0 Å². The average Bonchev–Trinajstić information content (AvgIpc) is 2.96. The molecule has 2 amide bonds. The van der Waals surface area contributed by atoms with Gasteiger partial charge in [-0.1, -0.05) is 55.1 Å². The third-order valence-corrected chi connectivity index (χ3v) is 6.09. The molecule has 1 heterocycles. The molecule has 3 rings (SSSR count). The summed E-state index contributed by atoms with van der Waals surface area (Å²) in [4.78, 5) is 32.1. The highest BCUT2D eigenvalue weighted by atomic mass is 32.2. The number of amidine groups is 1. The van der Waals surface area contributed by atoms with Crippen molar-refractivity contribution >= 4 is 40.1 Å². The molecule has 1 aliphatic heterocycles. The number of carbonyl (C=O) groups is 2. The van der Waals surface area contributed by atoms with Gasteiger partial charge in [-0.2, -0.15) is 0 Å². The summed E-state index contributed by atoms with van der Waals surface area (Å²) in [5, 5.41) is 3.21. The molecule has 2 aromatic carbocycles. The summed E-state index contributed by atoms with van der Waals surface area (Å²) in [6, 6.07) is 13.7. The number of hydrogen-bond donors (Lipinski definition) is 1. The van der Waals surface area contributed by atoms with E-state index < -0.39 is 5.25 Å². The van der Waals surface area contributed by atoms with Crippen LogP contribution in [0.15, 0.2) is 47.5 Å². The molecule has 1 atom stereocenters. The van der Waals surface area contributed by atoms with Crippen molar-refractivity contribution in [2.45, 2.75) is 45.8 Å². The molecule has 0 spiro atoms. The van der Waals surface area contributed by atoms with Crippen LogP contribution in [0.1, 0.15) is 36.5 Å². The number of para-hydroxylation sites is 2. The zero-order valence-corrected chi connectivity index (χ0v) is 18.2. The van der Waals surface area contributed by atoms with Crippen LogP contribution in [0.2, 0.25) is 0 Å². The van der Waals surface area contributed by atoms with Gasteiger partial charge in [-0.05, 0) is 49.9 Å². The number of nitrogens with zero attached hydrogens (tertiary/aromatic N) is 2. The molecular weight excluding hydrogens is 382 g/mol. The van der Waals surface area contributed by atoms with E-state index >= 15 is 0 Å². The zero-order valence-electron chi connectivity index (χ0n) is 17.4. The second-order valence-electron chi connectivity index (χ2n) is 7.30. The number of hydrogen-bond acceptors (Lipinski definition) is 4. The molecule has 0 aromatic heterocycles. The molecule has 29 heavy (non-hydrogen) atoms. The Balaban J connectivity index is 1.77. The van der Waals surface area contributed by atoms with Gasteiger partial charge in [0.05, 0.1) is 5.69 Å². The predicted octanol–water partition coefficient (Wildman–Crippen LogP) is 4.98. The van der Waals surface area contributed by atoms with E-state index in [2.05, 4.69) is 5.32 Å². The third-order valence-electron chi connectivity index (χ3n) is 4.92. The minimum atomic E-state index is -0.450. The molecule has 1 N–H and O–H groups in total. The normalized spacial score (nSPS) is 17.8. The highest BCUT2D eigenvalue weighted by Crippen LogP contribution is 2.33. The van der Waals surface area contributed by atoms with Crippen LogP contribution in [0.4, 0.5) is 11.4 Å². The van der Waals surface area contributed by atoms with Gasteiger partial charge in [0, 0.05) is 18.7 Å². The summed E-state index contributed by atoms with van der Waals surface area (Å²) < 4.78 is 0. The van der Waals surface area contributed by atoms with Gasteiger partial charge in [0.15, 0.2) is 5.17 Å². The van der Waals surface area contributed by atoms with E-state index in [9.17, 15) is 9.59 Å². The Morgan fingerprint density at radius 1 is 1.07 bits per heavy atom. The van der Waals surface area contributed by atoms with Gasteiger partial charge in [0.1, 0.15) is 5.25 Å². The van der Waals surface area contributed by atoms with Gasteiger partial charge in [-0.15, -0.1) is 0 Å². The molecule has 2 aromatic rings. The number of thioether (sulfide) groups is 1. The Morgan fingerprint density at radius 2 is 1.72 bits per heavy atom. The number of benzene rings is 2. The van der Waals surface area contributed by atoms with Crippen LogP contribution in [-0.2, 0) is 9.59 Å². The van der Waals surface area contributed by atoms with Crippen molar-refractivity contribution in [3.63, 3.8) is 0 Å². The summed E-state index contributed by atoms with van der Waals surface area (Å²) in [7, 11) is 0. The second kappa shape index (κ2) is 9.27. The van der Waals surface area contributed by atoms with E-state index in [1.54, 1.807) is 4.90 Å². The molecular formula is C23H27N3O2S. The van der Waals surface area contributed by atoms with Crippen LogP contribution < -0.4 is 5.32 Å². The Hall–Kier alpha value is -2.60. The van der Waals surface area contributed by atoms with E-state index in [0.717, 1.165) is 34.5 Å². The van der Waals surface area contributed by atoms with Crippen LogP contribution in [0.3, 0.4) is 0 Å². The lowest BCUT2D eigenvalue weighted by Crippen LogP contribution is -2.34. The molecule has 0 saturated carbocycles. The number of rotatable bonds is 6. The Kier molecular flexibility index (Phi) is 6.75. The van der Waals surface area contributed by atoms with E-state index in [1.807, 2.05) is 70.2 Å². The monoisotopic (exact) mass is 409 g/mol. The maximum atomic E-state index is 12.9. The van der Waals surface area contributed by atoms with Gasteiger partial charge in [0.25, 0.3) is 0 Å². The minimum absolute atomic E-state index is 0.0409. The standard InChI is InChI=1S/C23H27N3O2S/c1-5-13-26-22(28)19(29-23(26)24-18-12-7-6-9-15(18)2)14-20(27)25-21-16(3)10-8-11-17(21)4/h6-12,19H,5,13-14H2,1-4H3,(H,25,27)/t19-/m1/s1. The lowest BCUT2D eigenvalue weighted by molar-refractivity contribution is -0.128. The molecule has 6 heteroatoms. The first kappa shape index (κ1) is 21.1. The first-order chi connectivity index (χ1) is 13.9. The predicted molar refractivity (Wildman–Crippen MR) is 121 cm³/mol. The van der Waals surface area contributed by atoms with Crippen molar-refractivity contribution in [1.82, 2.24) is 4.90 Å². The molecule has 0 unspecified atom stereocenters. The van der Waals surface area contributed by atoms with Crippen molar-refractivity contribution in [2.24, 2.45) is 4.99 Å². The maximum Gasteiger partial charge on any atom is 0.242 e. The van der Waals surface area contributed by atoms with Crippen molar-refractivity contribution in [3.8, 4) is 0 Å². The Bertz CT molecular complexity index is 935. The Morgan fingerprint density at radius 3 is 2.38 bits per heavy atom. The fraction of sp³-hybridized carbons (Fsp3) is 0.348. The van der Waals surface area contributed by atoms with Gasteiger partial charge in [-0.25, -0.2) is 4.99 Å².